The van der Waals surface area contributed by atoms with Gasteiger partial charge < -0.3 is 14.7 Å². The van der Waals surface area contributed by atoms with Crippen LogP contribution in [-0.4, -0.2) is 73.1 Å². The molecule has 1 saturated heterocycles. The number of nitrogens with zero attached hydrogens (tertiary/aromatic N) is 2. The number of aryl methyl sites for hydroxylation is 1. The lowest BCUT2D eigenvalue weighted by Gasteiger charge is -2.38. The summed E-state index contributed by atoms with van der Waals surface area (Å²) in [5.74, 6) is -0.0274. The molecular weight excluding hydrogens is 633 g/mol. The Hall–Kier alpha value is -3.32. The van der Waals surface area contributed by atoms with Gasteiger partial charge in [0.15, 0.2) is 11.6 Å². The maximum absolute atomic E-state index is 13.6. The largest absolute Gasteiger partial charge is 0.382 e. The van der Waals surface area contributed by atoms with Crippen LogP contribution in [0.25, 0.3) is 0 Å². The summed E-state index contributed by atoms with van der Waals surface area (Å²) >= 11 is 0. The Morgan fingerprint density at radius 2 is 1.20 bits per heavy atom. The average molecular weight is 699 g/mol. The number of hydrogen-bond donors (Lipinski definition) is 1. The van der Waals surface area contributed by atoms with Crippen molar-refractivity contribution in [3.63, 3.8) is 0 Å². The number of carbonyl (C=O) groups excluding carboxylic acids is 2. The third kappa shape index (κ3) is 13.6. The van der Waals surface area contributed by atoms with Gasteiger partial charge in [0.05, 0.1) is 18.8 Å². The third-order valence-corrected chi connectivity index (χ3v) is 10.3. The zero-order valence-corrected chi connectivity index (χ0v) is 32.6. The van der Waals surface area contributed by atoms with Crippen LogP contribution in [0.1, 0.15) is 130 Å². The van der Waals surface area contributed by atoms with E-state index in [1.807, 2.05) is 68.7 Å². The minimum absolute atomic E-state index is 0.187. The fourth-order valence-electron chi connectivity index (χ4n) is 6.88. The van der Waals surface area contributed by atoms with Gasteiger partial charge in [-0.1, -0.05) is 126 Å². The van der Waals surface area contributed by atoms with Crippen molar-refractivity contribution in [2.45, 2.75) is 122 Å². The highest BCUT2D eigenvalue weighted by atomic mass is 16.5. The monoisotopic (exact) mass is 699 g/mol. The molecule has 1 N–H and O–H groups in total. The first kappa shape index (κ1) is 42.1. The Bertz CT molecular complexity index is 1410. The van der Waals surface area contributed by atoms with Crippen LogP contribution in [0.4, 0.5) is 5.69 Å². The number of aliphatic hydroxyl groups is 1. The summed E-state index contributed by atoms with van der Waals surface area (Å²) in [4.78, 5) is 29.9. The van der Waals surface area contributed by atoms with Gasteiger partial charge in [0.1, 0.15) is 5.60 Å². The molecule has 0 bridgehead atoms. The van der Waals surface area contributed by atoms with E-state index in [-0.39, 0.29) is 11.6 Å². The molecule has 0 aromatic heterocycles. The van der Waals surface area contributed by atoms with Crippen molar-refractivity contribution in [1.29, 1.82) is 0 Å². The smallest absolute Gasteiger partial charge is 0.193 e. The van der Waals surface area contributed by atoms with Crippen molar-refractivity contribution >= 4 is 17.3 Å². The van der Waals surface area contributed by atoms with E-state index in [2.05, 4.69) is 47.9 Å². The molecule has 1 heterocycles. The van der Waals surface area contributed by atoms with Gasteiger partial charge in [-0.15, -0.1) is 0 Å². The topological polar surface area (TPSA) is 70.1 Å². The number of hydrogen-bond acceptors (Lipinski definition) is 6. The lowest BCUT2D eigenvalue weighted by atomic mass is 9.80. The molecule has 1 atom stereocenters. The zero-order valence-electron chi connectivity index (χ0n) is 32.6. The number of unbranched alkanes of at least 4 members (excludes halogenated alkanes) is 9. The summed E-state index contributed by atoms with van der Waals surface area (Å²) in [6.07, 6.45) is 16.1. The molecular formula is C45H66N2O4. The molecule has 6 nitrogen and oxygen atoms in total. The van der Waals surface area contributed by atoms with E-state index in [9.17, 15) is 14.7 Å². The highest BCUT2D eigenvalue weighted by Gasteiger charge is 2.39. The molecule has 3 aromatic carbocycles. The number of likely N-dealkylation sites (N-methyl/N-ethyl adjacent to an activating group) is 1. The molecule has 1 aliphatic rings. The van der Waals surface area contributed by atoms with E-state index in [1.165, 1.54) is 89.2 Å². The summed E-state index contributed by atoms with van der Waals surface area (Å²) in [5.41, 5.74) is 3.16. The molecule has 1 unspecified atom stereocenters. The van der Waals surface area contributed by atoms with Crippen LogP contribution < -0.4 is 4.90 Å². The summed E-state index contributed by atoms with van der Waals surface area (Å²) in [5, 5.41) is 9.76. The van der Waals surface area contributed by atoms with Crippen LogP contribution in [0.5, 0.6) is 0 Å². The first-order valence-electron chi connectivity index (χ1n) is 19.6. The molecule has 1 aliphatic heterocycles. The van der Waals surface area contributed by atoms with Gasteiger partial charge in [-0.3, -0.25) is 14.5 Å². The molecule has 51 heavy (non-hydrogen) atoms. The Kier molecular flexibility index (Phi) is 18.1. The van der Waals surface area contributed by atoms with E-state index in [0.29, 0.717) is 12.0 Å². The van der Waals surface area contributed by atoms with Gasteiger partial charge in [0.25, 0.3) is 0 Å². The van der Waals surface area contributed by atoms with E-state index < -0.39 is 11.1 Å². The number of anilines is 1. The van der Waals surface area contributed by atoms with Gasteiger partial charge in [0, 0.05) is 29.9 Å². The van der Waals surface area contributed by atoms with Crippen molar-refractivity contribution in [3.05, 3.63) is 101 Å². The van der Waals surface area contributed by atoms with E-state index in [1.54, 1.807) is 0 Å². The standard InChI is InChI=1S/C23H30N2O2.C22H36O2/c1-4-23(24(2)3,18-19-8-6-5-7-9-19)22(26)20-10-12-21(13-11-20)25-14-16-27-17-15-25;1-4-5-6-7-8-9-10-11-12-13-14-19-15-17-20(18-16-19)21(23)22(2,3)24/h5-13H,4,14-18H2,1-3H3;15-18,24H,4-14H2,1-3H3. The quantitative estimate of drug-likeness (QED) is 0.0936. The number of carbonyl (C=O) groups is 2. The third-order valence-electron chi connectivity index (χ3n) is 10.3. The Morgan fingerprint density at radius 3 is 1.71 bits per heavy atom. The highest BCUT2D eigenvalue weighted by Crippen LogP contribution is 2.29. The van der Waals surface area contributed by atoms with Gasteiger partial charge in [-0.2, -0.15) is 0 Å². The second-order valence-electron chi connectivity index (χ2n) is 14.9. The molecule has 0 amide bonds. The fourth-order valence-corrected chi connectivity index (χ4v) is 6.88. The van der Waals surface area contributed by atoms with Gasteiger partial charge in [-0.05, 0) is 89.0 Å². The van der Waals surface area contributed by atoms with Crippen LogP contribution >= 0.6 is 0 Å². The maximum Gasteiger partial charge on any atom is 0.193 e. The molecule has 0 saturated carbocycles. The first-order chi connectivity index (χ1) is 24.5. The minimum Gasteiger partial charge on any atom is -0.382 e. The Morgan fingerprint density at radius 1 is 0.686 bits per heavy atom. The molecule has 3 aromatic rings. The number of morpholine rings is 1. The number of benzene rings is 3. The minimum atomic E-state index is -1.29. The van der Waals surface area contributed by atoms with Crippen molar-refractivity contribution in [2.75, 3.05) is 45.3 Å². The Labute approximate surface area is 309 Å². The average Bonchev–Trinajstić information content (AvgIpc) is 3.15. The predicted molar refractivity (Wildman–Crippen MR) is 213 cm³/mol. The van der Waals surface area contributed by atoms with Crippen LogP contribution in [-0.2, 0) is 17.6 Å². The predicted octanol–water partition coefficient (Wildman–Crippen LogP) is 9.76. The molecule has 0 aliphatic carbocycles. The molecule has 280 valence electrons. The molecule has 4 rings (SSSR count). The van der Waals surface area contributed by atoms with Crippen LogP contribution in [0.3, 0.4) is 0 Å². The molecule has 0 radical (unpaired) electrons. The fraction of sp³-hybridized carbons (Fsp3) is 0.556. The summed E-state index contributed by atoms with van der Waals surface area (Å²) in [6.45, 7) is 10.8. The molecule has 1 fully saturated rings. The second-order valence-corrected chi connectivity index (χ2v) is 14.9. The number of rotatable bonds is 20. The lowest BCUT2D eigenvalue weighted by Crippen LogP contribution is -2.52. The molecule has 0 spiro atoms. The maximum atomic E-state index is 13.6. The summed E-state index contributed by atoms with van der Waals surface area (Å²) < 4.78 is 5.42. The van der Waals surface area contributed by atoms with Gasteiger partial charge >= 0.3 is 0 Å². The normalized spacial score (nSPS) is 14.5. The number of ether oxygens (including phenoxy) is 1. The Balaban J connectivity index is 0.000000278. The number of Topliss-reactive ketones (excluding diaryl/α,β-unsaturated/α-hetero) is 2. The van der Waals surface area contributed by atoms with Crippen LogP contribution in [0.2, 0.25) is 0 Å². The van der Waals surface area contributed by atoms with E-state index in [0.717, 1.165) is 50.4 Å². The van der Waals surface area contributed by atoms with Gasteiger partial charge in [0.2, 0.25) is 0 Å². The van der Waals surface area contributed by atoms with Crippen molar-refractivity contribution in [2.24, 2.45) is 0 Å². The van der Waals surface area contributed by atoms with E-state index in [4.69, 9.17) is 4.74 Å². The second kappa shape index (κ2) is 21.9. The SMILES string of the molecule is CCC(Cc1ccccc1)(C(=O)c1ccc(N2CCOCC2)cc1)N(C)C.CCCCCCCCCCCCc1ccc(C(=O)C(C)(C)O)cc1. The van der Waals surface area contributed by atoms with Crippen molar-refractivity contribution in [1.82, 2.24) is 4.90 Å². The van der Waals surface area contributed by atoms with Gasteiger partial charge in [-0.25, -0.2) is 0 Å². The van der Waals surface area contributed by atoms with Crippen molar-refractivity contribution < 1.29 is 19.4 Å². The zero-order chi connectivity index (χ0) is 37.1. The summed E-state index contributed by atoms with van der Waals surface area (Å²) in [6, 6.07) is 26.1. The van der Waals surface area contributed by atoms with Crippen LogP contribution in [0.15, 0.2) is 78.9 Å². The first-order valence-corrected chi connectivity index (χ1v) is 19.6. The highest BCUT2D eigenvalue weighted by molar-refractivity contribution is 6.03. The lowest BCUT2D eigenvalue weighted by molar-refractivity contribution is 0.0488. The van der Waals surface area contributed by atoms with Crippen LogP contribution in [0, 0.1) is 0 Å². The van der Waals surface area contributed by atoms with E-state index >= 15 is 0 Å². The summed E-state index contributed by atoms with van der Waals surface area (Å²) in [7, 11) is 4.01. The number of ketones is 2. The molecule has 6 heteroatoms. The van der Waals surface area contributed by atoms with Crippen molar-refractivity contribution in [3.8, 4) is 0 Å².